The molecule has 1 N–H and O–H groups in total. The summed E-state index contributed by atoms with van der Waals surface area (Å²) in [7, 11) is 0. The highest BCUT2D eigenvalue weighted by molar-refractivity contribution is 7.13. The Balaban J connectivity index is 1.95. The third-order valence-electron chi connectivity index (χ3n) is 4.97. The molecule has 1 amide bonds. The fourth-order valence-corrected chi connectivity index (χ4v) is 3.96. The van der Waals surface area contributed by atoms with E-state index >= 15 is 0 Å². The standard InChI is InChI=1S/C20H26N2OS/c1-19(2,3)14-10-13(11-17(23)22-18-21-8-9-24-18)15-6-7-20(4,5)16(15)12-14/h8-10,12H,6-7,11H2,1-5H3,(H,21,22,23). The molecular formula is C20H26N2OS. The summed E-state index contributed by atoms with van der Waals surface area (Å²) in [5, 5.41) is 5.45. The third-order valence-corrected chi connectivity index (χ3v) is 5.66. The molecule has 0 bridgehead atoms. The van der Waals surface area contributed by atoms with Crippen LogP contribution < -0.4 is 5.32 Å². The minimum atomic E-state index is 0.0166. The molecular weight excluding hydrogens is 316 g/mol. The van der Waals surface area contributed by atoms with Gasteiger partial charge >= 0.3 is 0 Å². The Kier molecular flexibility index (Phi) is 4.28. The second-order valence-electron chi connectivity index (χ2n) is 8.36. The largest absolute Gasteiger partial charge is 0.302 e. The first kappa shape index (κ1) is 17.2. The Labute approximate surface area is 148 Å². The number of nitrogens with zero attached hydrogens (tertiary/aromatic N) is 1. The van der Waals surface area contributed by atoms with Crippen LogP contribution in [0.4, 0.5) is 5.13 Å². The third kappa shape index (κ3) is 3.39. The van der Waals surface area contributed by atoms with Gasteiger partial charge in [0, 0.05) is 11.6 Å². The van der Waals surface area contributed by atoms with Crippen LogP contribution in [0.1, 0.15) is 63.3 Å². The summed E-state index contributed by atoms with van der Waals surface area (Å²) in [4.78, 5) is 16.6. The van der Waals surface area contributed by atoms with E-state index in [4.69, 9.17) is 0 Å². The van der Waals surface area contributed by atoms with E-state index in [1.165, 1.54) is 33.6 Å². The summed E-state index contributed by atoms with van der Waals surface area (Å²) in [5.41, 5.74) is 5.56. The number of anilines is 1. The van der Waals surface area contributed by atoms with E-state index in [1.54, 1.807) is 6.20 Å². The van der Waals surface area contributed by atoms with Crippen molar-refractivity contribution in [3.63, 3.8) is 0 Å². The van der Waals surface area contributed by atoms with E-state index in [9.17, 15) is 4.79 Å². The minimum absolute atomic E-state index is 0.0166. The molecule has 1 aliphatic carbocycles. The Bertz CT molecular complexity index is 755. The zero-order chi connectivity index (χ0) is 17.5. The summed E-state index contributed by atoms with van der Waals surface area (Å²) in [6, 6.07) is 4.60. The molecule has 0 atom stereocenters. The number of hydrogen-bond donors (Lipinski definition) is 1. The molecule has 0 fully saturated rings. The second kappa shape index (κ2) is 5.99. The van der Waals surface area contributed by atoms with Crippen molar-refractivity contribution in [2.24, 2.45) is 0 Å². The topological polar surface area (TPSA) is 42.0 Å². The van der Waals surface area contributed by atoms with Crippen molar-refractivity contribution in [3.8, 4) is 0 Å². The Morgan fingerprint density at radius 3 is 2.71 bits per heavy atom. The normalized spacial score (nSPS) is 16.0. The molecule has 1 heterocycles. The summed E-state index contributed by atoms with van der Waals surface area (Å²) in [5.74, 6) is 0.0166. The van der Waals surface area contributed by atoms with E-state index in [0.29, 0.717) is 11.6 Å². The van der Waals surface area contributed by atoms with Crippen molar-refractivity contribution in [2.45, 2.75) is 64.7 Å². The Morgan fingerprint density at radius 2 is 2.08 bits per heavy atom. The lowest BCUT2D eigenvalue weighted by molar-refractivity contribution is -0.115. The van der Waals surface area contributed by atoms with Crippen LogP contribution in [0.3, 0.4) is 0 Å². The van der Waals surface area contributed by atoms with Crippen molar-refractivity contribution in [2.75, 3.05) is 5.32 Å². The smallest absolute Gasteiger partial charge is 0.230 e. The number of carbonyl (C=O) groups is 1. The molecule has 0 saturated heterocycles. The van der Waals surface area contributed by atoms with Gasteiger partial charge in [-0.25, -0.2) is 4.98 Å². The molecule has 0 radical (unpaired) electrons. The number of thiazole rings is 1. The van der Waals surface area contributed by atoms with Crippen LogP contribution >= 0.6 is 11.3 Å². The molecule has 3 rings (SSSR count). The van der Waals surface area contributed by atoms with Gasteiger partial charge in [0.1, 0.15) is 0 Å². The number of fused-ring (bicyclic) bond motifs is 1. The van der Waals surface area contributed by atoms with Crippen LogP contribution in [0, 0.1) is 0 Å². The summed E-state index contributed by atoms with van der Waals surface area (Å²) in [6.45, 7) is 11.3. The van der Waals surface area contributed by atoms with Crippen molar-refractivity contribution >= 4 is 22.4 Å². The number of carbonyl (C=O) groups excluding carboxylic acids is 1. The average Bonchev–Trinajstić information content (AvgIpc) is 3.06. The summed E-state index contributed by atoms with van der Waals surface area (Å²) >= 11 is 1.45. The Hall–Kier alpha value is -1.68. The highest BCUT2D eigenvalue weighted by Crippen LogP contribution is 2.42. The molecule has 24 heavy (non-hydrogen) atoms. The molecule has 1 aromatic carbocycles. The fourth-order valence-electron chi connectivity index (χ4n) is 3.42. The fraction of sp³-hybridized carbons (Fsp3) is 0.500. The van der Waals surface area contributed by atoms with Crippen LogP contribution in [0.25, 0.3) is 0 Å². The van der Waals surface area contributed by atoms with Crippen LogP contribution in [0.2, 0.25) is 0 Å². The van der Waals surface area contributed by atoms with Gasteiger partial charge in [0.05, 0.1) is 6.42 Å². The molecule has 0 saturated carbocycles. The average molecular weight is 343 g/mol. The summed E-state index contributed by atoms with van der Waals surface area (Å²) < 4.78 is 0. The maximum Gasteiger partial charge on any atom is 0.230 e. The second-order valence-corrected chi connectivity index (χ2v) is 9.25. The van der Waals surface area contributed by atoms with Gasteiger partial charge < -0.3 is 5.32 Å². The molecule has 1 aromatic heterocycles. The van der Waals surface area contributed by atoms with Gasteiger partial charge in [-0.05, 0) is 45.9 Å². The van der Waals surface area contributed by atoms with Crippen molar-refractivity contribution in [1.82, 2.24) is 4.98 Å². The number of rotatable bonds is 3. The SMILES string of the molecule is CC(C)(C)c1cc(CC(=O)Nc2nccs2)c2c(c1)C(C)(C)CC2. The molecule has 0 aliphatic heterocycles. The molecule has 2 aromatic rings. The number of amides is 1. The first-order valence-electron chi connectivity index (χ1n) is 8.53. The Morgan fingerprint density at radius 1 is 1.33 bits per heavy atom. The van der Waals surface area contributed by atoms with Gasteiger partial charge in [0.15, 0.2) is 5.13 Å². The molecule has 3 nitrogen and oxygen atoms in total. The van der Waals surface area contributed by atoms with E-state index in [1.807, 2.05) is 5.38 Å². The maximum absolute atomic E-state index is 12.5. The van der Waals surface area contributed by atoms with E-state index < -0.39 is 0 Å². The van der Waals surface area contributed by atoms with Crippen molar-refractivity contribution < 1.29 is 4.79 Å². The van der Waals surface area contributed by atoms with Crippen molar-refractivity contribution in [1.29, 1.82) is 0 Å². The predicted molar refractivity (Wildman–Crippen MR) is 101 cm³/mol. The van der Waals surface area contributed by atoms with Gasteiger partial charge in [0.2, 0.25) is 5.91 Å². The maximum atomic E-state index is 12.5. The first-order valence-corrected chi connectivity index (χ1v) is 9.41. The van der Waals surface area contributed by atoms with Crippen molar-refractivity contribution in [3.05, 3.63) is 46.0 Å². The van der Waals surface area contributed by atoms with Gasteiger partial charge in [-0.2, -0.15) is 0 Å². The lowest BCUT2D eigenvalue weighted by Gasteiger charge is -2.26. The summed E-state index contributed by atoms with van der Waals surface area (Å²) in [6.07, 6.45) is 4.34. The predicted octanol–water partition coefficient (Wildman–Crippen LogP) is 4.85. The van der Waals surface area contributed by atoms with Crippen LogP contribution in [-0.2, 0) is 28.5 Å². The molecule has 1 aliphatic rings. The molecule has 0 unspecified atom stereocenters. The lowest BCUT2D eigenvalue weighted by atomic mass is 9.79. The highest BCUT2D eigenvalue weighted by Gasteiger charge is 2.33. The number of aromatic nitrogens is 1. The molecule has 128 valence electrons. The van der Waals surface area contributed by atoms with E-state index in [0.717, 1.165) is 12.8 Å². The van der Waals surface area contributed by atoms with Gasteiger partial charge in [-0.15, -0.1) is 11.3 Å². The van der Waals surface area contributed by atoms with E-state index in [2.05, 4.69) is 57.1 Å². The first-order chi connectivity index (χ1) is 11.2. The minimum Gasteiger partial charge on any atom is -0.302 e. The van der Waals surface area contributed by atoms with Crippen LogP contribution in [0.5, 0.6) is 0 Å². The number of benzene rings is 1. The molecule has 0 spiro atoms. The highest BCUT2D eigenvalue weighted by atomic mass is 32.1. The number of hydrogen-bond acceptors (Lipinski definition) is 3. The van der Waals surface area contributed by atoms with Gasteiger partial charge in [-0.1, -0.05) is 46.8 Å². The van der Waals surface area contributed by atoms with Crippen LogP contribution in [0.15, 0.2) is 23.7 Å². The lowest BCUT2D eigenvalue weighted by Crippen LogP contribution is -2.19. The quantitative estimate of drug-likeness (QED) is 0.867. The zero-order valence-corrected chi connectivity index (χ0v) is 16.0. The number of nitrogens with one attached hydrogen (secondary N) is 1. The van der Waals surface area contributed by atoms with Crippen LogP contribution in [-0.4, -0.2) is 10.9 Å². The van der Waals surface area contributed by atoms with Gasteiger partial charge in [-0.3, -0.25) is 4.79 Å². The van der Waals surface area contributed by atoms with E-state index in [-0.39, 0.29) is 16.7 Å². The zero-order valence-electron chi connectivity index (χ0n) is 15.2. The van der Waals surface area contributed by atoms with Gasteiger partial charge in [0.25, 0.3) is 0 Å². The monoisotopic (exact) mass is 342 g/mol. The molecule has 4 heteroatoms.